The molecule has 6 nitrogen and oxygen atoms in total. The Morgan fingerprint density at radius 3 is 2.72 bits per heavy atom. The Labute approximate surface area is 143 Å². The van der Waals surface area contributed by atoms with Gasteiger partial charge in [0.25, 0.3) is 5.56 Å². The van der Waals surface area contributed by atoms with Crippen LogP contribution in [0.1, 0.15) is 13.8 Å². The van der Waals surface area contributed by atoms with Gasteiger partial charge in [0.15, 0.2) is 11.2 Å². The lowest BCUT2D eigenvalue weighted by Gasteiger charge is -2.13. The first-order valence-corrected chi connectivity index (χ1v) is 8.01. The van der Waals surface area contributed by atoms with Gasteiger partial charge in [-0.05, 0) is 24.1 Å². The molecule has 0 unspecified atom stereocenters. The van der Waals surface area contributed by atoms with Gasteiger partial charge < -0.3 is 4.57 Å². The third kappa shape index (κ3) is 2.93. The van der Waals surface area contributed by atoms with Crippen LogP contribution in [-0.4, -0.2) is 18.7 Å². The molecule has 0 aliphatic heterocycles. The van der Waals surface area contributed by atoms with E-state index in [1.54, 1.807) is 16.7 Å². The van der Waals surface area contributed by atoms with Gasteiger partial charge in [-0.1, -0.05) is 26.0 Å². The molecule has 0 bridgehead atoms. The van der Waals surface area contributed by atoms with Gasteiger partial charge in [0.05, 0.1) is 12.0 Å². The van der Waals surface area contributed by atoms with Crippen molar-refractivity contribution in [3.63, 3.8) is 0 Å². The average Bonchev–Trinajstić information content (AvgIpc) is 2.95. The fraction of sp³-hybridized carbons (Fsp3) is 0.278. The molecule has 0 atom stereocenters. The number of imidazole rings is 1. The maximum Gasteiger partial charge on any atom is 0.337 e. The molecule has 0 aliphatic rings. The molecule has 0 radical (unpaired) electrons. The van der Waals surface area contributed by atoms with Crippen molar-refractivity contribution in [1.82, 2.24) is 18.7 Å². The summed E-state index contributed by atoms with van der Waals surface area (Å²) in [6.45, 7) is 8.17. The third-order valence-corrected chi connectivity index (χ3v) is 3.84. The molecule has 0 fully saturated rings. The lowest BCUT2D eigenvalue weighted by Crippen LogP contribution is -2.41. The lowest BCUT2D eigenvalue weighted by molar-refractivity contribution is 0.488. The number of allylic oxidation sites excluding steroid dienone is 1. The summed E-state index contributed by atoms with van der Waals surface area (Å²) in [5.41, 5.74) is -0.0930. The van der Waals surface area contributed by atoms with Crippen LogP contribution in [0.3, 0.4) is 0 Å². The van der Waals surface area contributed by atoms with Crippen LogP contribution < -0.4 is 11.2 Å². The van der Waals surface area contributed by atoms with E-state index in [0.29, 0.717) is 17.7 Å². The molecular weight excluding hydrogens is 323 g/mol. The molecule has 0 spiro atoms. The Morgan fingerprint density at radius 1 is 1.32 bits per heavy atom. The minimum Gasteiger partial charge on any atom is -0.321 e. The molecule has 3 rings (SSSR count). The lowest BCUT2D eigenvalue weighted by atomic mass is 10.2. The Kier molecular flexibility index (Phi) is 4.39. The van der Waals surface area contributed by atoms with Gasteiger partial charge >= 0.3 is 5.69 Å². The summed E-state index contributed by atoms with van der Waals surface area (Å²) < 4.78 is 17.8. The van der Waals surface area contributed by atoms with Crippen LogP contribution >= 0.6 is 0 Å². The van der Waals surface area contributed by atoms with Crippen molar-refractivity contribution < 1.29 is 4.39 Å². The van der Waals surface area contributed by atoms with E-state index >= 15 is 0 Å². The molecule has 0 amide bonds. The van der Waals surface area contributed by atoms with E-state index in [4.69, 9.17) is 0 Å². The molecule has 7 heteroatoms. The highest BCUT2D eigenvalue weighted by molar-refractivity contribution is 5.72. The van der Waals surface area contributed by atoms with Gasteiger partial charge in [-0.25, -0.2) is 18.7 Å². The highest BCUT2D eigenvalue weighted by Crippen LogP contribution is 2.14. The Hall–Kier alpha value is -2.96. The molecule has 1 aromatic carbocycles. The molecule has 2 heterocycles. The first-order valence-electron chi connectivity index (χ1n) is 8.01. The van der Waals surface area contributed by atoms with Crippen LogP contribution in [-0.2, 0) is 13.1 Å². The van der Waals surface area contributed by atoms with Crippen molar-refractivity contribution >= 4 is 11.2 Å². The van der Waals surface area contributed by atoms with E-state index < -0.39 is 17.1 Å². The normalized spacial score (nSPS) is 11.4. The zero-order chi connectivity index (χ0) is 18.1. The second kappa shape index (κ2) is 6.51. The quantitative estimate of drug-likeness (QED) is 0.669. The van der Waals surface area contributed by atoms with E-state index in [1.165, 1.54) is 33.7 Å². The van der Waals surface area contributed by atoms with E-state index in [-0.39, 0.29) is 18.1 Å². The number of halogens is 1. The number of rotatable bonds is 5. The second-order valence-electron chi connectivity index (χ2n) is 6.27. The summed E-state index contributed by atoms with van der Waals surface area (Å²) in [6.07, 6.45) is 3.13. The van der Waals surface area contributed by atoms with Gasteiger partial charge in [0.2, 0.25) is 0 Å². The number of aromatic nitrogens is 4. The van der Waals surface area contributed by atoms with E-state index in [9.17, 15) is 14.0 Å². The summed E-state index contributed by atoms with van der Waals surface area (Å²) in [7, 11) is 0. The Bertz CT molecular complexity index is 1060. The number of benzene rings is 1. The highest BCUT2D eigenvalue weighted by atomic mass is 19.1. The average molecular weight is 342 g/mol. The Morgan fingerprint density at radius 2 is 2.08 bits per heavy atom. The van der Waals surface area contributed by atoms with Crippen LogP contribution in [0.5, 0.6) is 0 Å². The van der Waals surface area contributed by atoms with E-state index in [2.05, 4.69) is 11.6 Å². The minimum absolute atomic E-state index is 0.0968. The zero-order valence-corrected chi connectivity index (χ0v) is 14.1. The second-order valence-corrected chi connectivity index (χ2v) is 6.27. The molecule has 130 valence electrons. The molecule has 0 aliphatic carbocycles. The summed E-state index contributed by atoms with van der Waals surface area (Å²) >= 11 is 0. The maximum absolute atomic E-state index is 13.7. The van der Waals surface area contributed by atoms with Crippen molar-refractivity contribution in [1.29, 1.82) is 0 Å². The molecule has 0 N–H and O–H groups in total. The molecule has 0 saturated heterocycles. The zero-order valence-electron chi connectivity index (χ0n) is 14.1. The maximum atomic E-state index is 13.7. The van der Waals surface area contributed by atoms with E-state index in [0.717, 1.165) is 0 Å². The predicted molar refractivity (Wildman–Crippen MR) is 94.6 cm³/mol. The van der Waals surface area contributed by atoms with Gasteiger partial charge in [0.1, 0.15) is 5.82 Å². The standard InChI is InChI=1S/C18H19FN4O2/c1-4-8-21-11-20-16-15(21)17(24)22(10-12(2)3)18(25)23(16)14-7-5-6-13(19)9-14/h4-7,9,11-12H,1,8,10H2,2-3H3. The monoisotopic (exact) mass is 342 g/mol. The van der Waals surface area contributed by atoms with Crippen molar-refractivity contribution in [2.24, 2.45) is 5.92 Å². The summed E-state index contributed by atoms with van der Waals surface area (Å²) in [5, 5.41) is 0. The van der Waals surface area contributed by atoms with Gasteiger partial charge in [-0.15, -0.1) is 6.58 Å². The van der Waals surface area contributed by atoms with Crippen molar-refractivity contribution in [2.75, 3.05) is 0 Å². The summed E-state index contributed by atoms with van der Waals surface area (Å²) in [6, 6.07) is 5.67. The molecule has 25 heavy (non-hydrogen) atoms. The van der Waals surface area contributed by atoms with Crippen LogP contribution in [0.2, 0.25) is 0 Å². The van der Waals surface area contributed by atoms with Crippen LogP contribution in [0, 0.1) is 11.7 Å². The van der Waals surface area contributed by atoms with Gasteiger partial charge in [-0.3, -0.25) is 9.36 Å². The van der Waals surface area contributed by atoms with Crippen molar-refractivity contribution in [3.05, 3.63) is 69.9 Å². The molecule has 2 aromatic heterocycles. The first kappa shape index (κ1) is 16.9. The van der Waals surface area contributed by atoms with Gasteiger partial charge in [0, 0.05) is 13.1 Å². The molecule has 3 aromatic rings. The summed E-state index contributed by atoms with van der Waals surface area (Å²) in [5.74, 6) is -0.371. The SMILES string of the molecule is C=CCn1cnc2c1c(=O)n(CC(C)C)c(=O)n2-c1cccc(F)c1. The van der Waals surface area contributed by atoms with Crippen LogP contribution in [0.15, 0.2) is 52.8 Å². The summed E-state index contributed by atoms with van der Waals surface area (Å²) in [4.78, 5) is 30.1. The smallest absolute Gasteiger partial charge is 0.321 e. The number of fused-ring (bicyclic) bond motifs is 1. The largest absolute Gasteiger partial charge is 0.337 e. The number of hydrogen-bond donors (Lipinski definition) is 0. The fourth-order valence-corrected chi connectivity index (χ4v) is 2.83. The topological polar surface area (TPSA) is 61.8 Å². The molecule has 0 saturated carbocycles. The van der Waals surface area contributed by atoms with E-state index in [1.807, 2.05) is 13.8 Å². The highest BCUT2D eigenvalue weighted by Gasteiger charge is 2.19. The van der Waals surface area contributed by atoms with Gasteiger partial charge in [-0.2, -0.15) is 0 Å². The fourth-order valence-electron chi connectivity index (χ4n) is 2.83. The van der Waals surface area contributed by atoms with Crippen LogP contribution in [0.25, 0.3) is 16.9 Å². The van der Waals surface area contributed by atoms with Crippen LogP contribution in [0.4, 0.5) is 4.39 Å². The first-order chi connectivity index (χ1) is 11.9. The third-order valence-electron chi connectivity index (χ3n) is 3.84. The minimum atomic E-state index is -0.527. The van der Waals surface area contributed by atoms with Crippen molar-refractivity contribution in [2.45, 2.75) is 26.9 Å². The Balaban J connectivity index is 2.45. The van der Waals surface area contributed by atoms with Crippen molar-refractivity contribution in [3.8, 4) is 5.69 Å². The number of nitrogens with zero attached hydrogens (tertiary/aromatic N) is 4. The predicted octanol–water partition coefficient (Wildman–Crippen LogP) is 2.33. The molecular formula is C18H19FN4O2. The number of hydrogen-bond acceptors (Lipinski definition) is 3.